The largest absolute Gasteiger partial charge is 0.378 e. The van der Waals surface area contributed by atoms with Gasteiger partial charge in [-0.15, -0.1) is 24.0 Å². The lowest BCUT2D eigenvalue weighted by Gasteiger charge is -2.31. The predicted octanol–water partition coefficient (Wildman–Crippen LogP) is 1.69. The summed E-state index contributed by atoms with van der Waals surface area (Å²) < 4.78 is 27.4. The fourth-order valence-corrected chi connectivity index (χ4v) is 3.05. The summed E-state index contributed by atoms with van der Waals surface area (Å²) in [5, 5.41) is 3.32. The van der Waals surface area contributed by atoms with E-state index >= 15 is 0 Å². The van der Waals surface area contributed by atoms with Gasteiger partial charge in [0.2, 0.25) is 0 Å². The lowest BCUT2D eigenvalue weighted by Crippen LogP contribution is -2.44. The first-order valence-corrected chi connectivity index (χ1v) is 10.4. The topological polar surface area (TPSA) is 71.0 Å². The quantitative estimate of drug-likeness (QED) is 0.278. The van der Waals surface area contributed by atoms with Crippen LogP contribution in [-0.2, 0) is 27.5 Å². The molecule has 0 spiro atoms. The minimum Gasteiger partial charge on any atom is -0.378 e. The van der Waals surface area contributed by atoms with Crippen molar-refractivity contribution >= 4 is 39.8 Å². The normalized spacial score (nSPS) is 14.6. The lowest BCUT2D eigenvalue weighted by molar-refractivity contribution is 0.157. The smallest absolute Gasteiger partial charge is 0.194 e. The van der Waals surface area contributed by atoms with Gasteiger partial charge in [-0.25, -0.2) is 8.42 Å². The molecule has 8 heteroatoms. The maximum atomic E-state index is 11.0. The second-order valence-electron chi connectivity index (χ2n) is 5.92. The van der Waals surface area contributed by atoms with Crippen molar-refractivity contribution < 1.29 is 13.2 Å². The van der Waals surface area contributed by atoms with E-state index in [1.165, 1.54) is 17.4 Å². The Morgan fingerprint density at radius 2 is 2.00 bits per heavy atom. The van der Waals surface area contributed by atoms with Gasteiger partial charge in [0.05, 0.1) is 25.5 Å². The molecule has 0 amide bonds. The summed E-state index contributed by atoms with van der Waals surface area (Å²) in [7, 11) is -2.96. The van der Waals surface area contributed by atoms with Gasteiger partial charge < -0.3 is 15.0 Å². The number of sulfone groups is 1. The zero-order valence-electron chi connectivity index (χ0n) is 14.9. The fraction of sp³-hybridized carbons (Fsp3) is 0.588. The SMILES string of the molecule is CCNC(=NCCOCCS(C)(=O)=O)N1CCc2ccccc2C1.I. The molecular weight excluding hydrogens is 453 g/mol. The summed E-state index contributed by atoms with van der Waals surface area (Å²) in [6.07, 6.45) is 2.23. The minimum atomic E-state index is -2.96. The highest BCUT2D eigenvalue weighted by Gasteiger charge is 2.18. The molecule has 142 valence electrons. The molecule has 6 nitrogen and oxygen atoms in total. The highest BCUT2D eigenvalue weighted by atomic mass is 127. The third-order valence-electron chi connectivity index (χ3n) is 3.86. The summed E-state index contributed by atoms with van der Waals surface area (Å²) >= 11 is 0. The average Bonchev–Trinajstić information content (AvgIpc) is 2.55. The molecule has 0 aromatic heterocycles. The molecule has 1 aliphatic heterocycles. The fourth-order valence-electron chi connectivity index (χ4n) is 2.63. The van der Waals surface area contributed by atoms with Crippen molar-refractivity contribution in [1.29, 1.82) is 0 Å². The number of hydrogen-bond donors (Lipinski definition) is 1. The molecule has 1 aromatic rings. The van der Waals surface area contributed by atoms with Crippen LogP contribution in [-0.4, -0.2) is 64.1 Å². The molecule has 1 aromatic carbocycles. The molecule has 25 heavy (non-hydrogen) atoms. The predicted molar refractivity (Wildman–Crippen MR) is 112 cm³/mol. The second-order valence-corrected chi connectivity index (χ2v) is 8.18. The Morgan fingerprint density at radius 1 is 1.28 bits per heavy atom. The third kappa shape index (κ3) is 7.91. The van der Waals surface area contributed by atoms with Gasteiger partial charge in [0.15, 0.2) is 5.96 Å². The van der Waals surface area contributed by atoms with E-state index in [-0.39, 0.29) is 36.3 Å². The van der Waals surface area contributed by atoms with E-state index in [2.05, 4.69) is 46.4 Å². The second kappa shape index (κ2) is 11.0. The number of rotatable bonds is 7. The van der Waals surface area contributed by atoms with E-state index in [9.17, 15) is 8.42 Å². The summed E-state index contributed by atoms with van der Waals surface area (Å²) in [6.45, 7) is 5.83. The van der Waals surface area contributed by atoms with Crippen molar-refractivity contribution in [2.75, 3.05) is 44.9 Å². The van der Waals surface area contributed by atoms with E-state index in [4.69, 9.17) is 4.74 Å². The van der Waals surface area contributed by atoms with Crippen LogP contribution >= 0.6 is 24.0 Å². The number of nitrogens with zero attached hydrogens (tertiary/aromatic N) is 2. The Morgan fingerprint density at radius 3 is 2.68 bits per heavy atom. The summed E-state index contributed by atoms with van der Waals surface area (Å²) in [6, 6.07) is 8.51. The number of halogens is 1. The van der Waals surface area contributed by atoms with E-state index in [1.807, 2.05) is 0 Å². The Bertz CT molecular complexity index is 665. The van der Waals surface area contributed by atoms with Gasteiger partial charge in [-0.3, -0.25) is 4.99 Å². The van der Waals surface area contributed by atoms with Gasteiger partial charge in [-0.1, -0.05) is 24.3 Å². The highest BCUT2D eigenvalue weighted by Crippen LogP contribution is 2.18. The van der Waals surface area contributed by atoms with Crippen LogP contribution < -0.4 is 5.32 Å². The number of benzene rings is 1. The van der Waals surface area contributed by atoms with E-state index in [0.717, 1.165) is 32.0 Å². The van der Waals surface area contributed by atoms with Crippen LogP contribution in [0.5, 0.6) is 0 Å². The van der Waals surface area contributed by atoms with E-state index in [0.29, 0.717) is 13.2 Å². The lowest BCUT2D eigenvalue weighted by atomic mass is 10.0. The standard InChI is InChI=1S/C17H27N3O3S.HI/c1-3-18-17(19-9-11-23-12-13-24(2,21)22)20-10-8-15-6-4-5-7-16(15)14-20;/h4-7H,3,8-14H2,1-2H3,(H,18,19);1H. The van der Waals surface area contributed by atoms with Crippen molar-refractivity contribution in [2.24, 2.45) is 4.99 Å². The molecule has 0 bridgehead atoms. The first kappa shape index (κ1) is 22.2. The average molecular weight is 481 g/mol. The minimum absolute atomic E-state index is 0. The van der Waals surface area contributed by atoms with Crippen LogP contribution in [0.2, 0.25) is 0 Å². The zero-order valence-corrected chi connectivity index (χ0v) is 18.0. The van der Waals surface area contributed by atoms with Crippen molar-refractivity contribution in [2.45, 2.75) is 19.9 Å². The van der Waals surface area contributed by atoms with Crippen LogP contribution in [0.1, 0.15) is 18.1 Å². The Labute approximate surface area is 168 Å². The Balaban J connectivity index is 0.00000312. The molecule has 1 N–H and O–H groups in total. The first-order chi connectivity index (χ1) is 11.5. The monoisotopic (exact) mass is 481 g/mol. The van der Waals surface area contributed by atoms with Crippen LogP contribution in [0.4, 0.5) is 0 Å². The van der Waals surface area contributed by atoms with Gasteiger partial charge in [0.1, 0.15) is 9.84 Å². The zero-order chi connectivity index (χ0) is 17.4. The van der Waals surface area contributed by atoms with Crippen LogP contribution in [0.15, 0.2) is 29.3 Å². The Kier molecular flexibility index (Phi) is 9.73. The number of hydrogen-bond acceptors (Lipinski definition) is 4. The molecule has 2 rings (SSSR count). The summed E-state index contributed by atoms with van der Waals surface area (Å²) in [5.74, 6) is 0.943. The number of ether oxygens (including phenoxy) is 1. The van der Waals surface area contributed by atoms with E-state index in [1.54, 1.807) is 0 Å². The molecule has 1 aliphatic rings. The number of guanidine groups is 1. The molecule has 0 saturated heterocycles. The van der Waals surface area contributed by atoms with Gasteiger partial charge in [-0.2, -0.15) is 0 Å². The summed E-state index contributed by atoms with van der Waals surface area (Å²) in [5.41, 5.74) is 2.76. The molecule has 0 unspecified atom stereocenters. The first-order valence-electron chi connectivity index (χ1n) is 8.35. The molecule has 0 atom stereocenters. The molecule has 0 saturated carbocycles. The number of fused-ring (bicyclic) bond motifs is 1. The van der Waals surface area contributed by atoms with Crippen LogP contribution in [0.3, 0.4) is 0 Å². The maximum absolute atomic E-state index is 11.0. The molecule has 0 radical (unpaired) electrons. The van der Waals surface area contributed by atoms with Gasteiger partial charge in [0, 0.05) is 25.9 Å². The van der Waals surface area contributed by atoms with Gasteiger partial charge >= 0.3 is 0 Å². The third-order valence-corrected chi connectivity index (χ3v) is 4.77. The van der Waals surface area contributed by atoms with Crippen molar-refractivity contribution in [3.8, 4) is 0 Å². The van der Waals surface area contributed by atoms with Crippen molar-refractivity contribution in [3.05, 3.63) is 35.4 Å². The summed E-state index contributed by atoms with van der Waals surface area (Å²) in [4.78, 5) is 6.85. The van der Waals surface area contributed by atoms with Gasteiger partial charge in [0.25, 0.3) is 0 Å². The van der Waals surface area contributed by atoms with Crippen LogP contribution in [0, 0.1) is 0 Å². The van der Waals surface area contributed by atoms with E-state index < -0.39 is 9.84 Å². The number of aliphatic imine (C=N–C) groups is 1. The van der Waals surface area contributed by atoms with Crippen molar-refractivity contribution in [3.63, 3.8) is 0 Å². The van der Waals surface area contributed by atoms with Crippen molar-refractivity contribution in [1.82, 2.24) is 10.2 Å². The molecule has 0 aliphatic carbocycles. The molecular formula is C17H28IN3O3S. The molecule has 0 fully saturated rings. The highest BCUT2D eigenvalue weighted by molar-refractivity contribution is 14.0. The van der Waals surface area contributed by atoms with Gasteiger partial charge in [-0.05, 0) is 24.5 Å². The molecule has 1 heterocycles. The maximum Gasteiger partial charge on any atom is 0.194 e. The Hall–Kier alpha value is -0.870. The number of nitrogens with one attached hydrogen (secondary N) is 1. The van der Waals surface area contributed by atoms with Crippen LogP contribution in [0.25, 0.3) is 0 Å².